The number of benzene rings is 2. The largest absolute Gasteiger partial charge is 0.458 e. The van der Waals surface area contributed by atoms with E-state index in [4.69, 9.17) is 4.74 Å². The Morgan fingerprint density at radius 3 is 2.11 bits per heavy atom. The van der Waals surface area contributed by atoms with Crippen molar-refractivity contribution in [2.75, 3.05) is 37.6 Å². The van der Waals surface area contributed by atoms with E-state index in [1.54, 1.807) is 12.1 Å². The summed E-state index contributed by atoms with van der Waals surface area (Å²) in [5.74, 6) is -0.850. The zero-order valence-corrected chi connectivity index (χ0v) is 16.1. The molecule has 1 unspecified atom stereocenters. The highest BCUT2D eigenvalue weighted by atomic mass is 19.1. The minimum Gasteiger partial charge on any atom is -0.458 e. The highest BCUT2D eigenvalue weighted by molar-refractivity contribution is 5.66. The molecule has 6 heteroatoms. The van der Waals surface area contributed by atoms with Crippen LogP contribution in [0.15, 0.2) is 48.5 Å². The molecule has 0 N–H and O–H groups in total. The molecule has 0 bridgehead atoms. The second kappa shape index (κ2) is 9.64. The van der Waals surface area contributed by atoms with Crippen LogP contribution in [-0.4, -0.2) is 43.6 Å². The first-order valence-corrected chi connectivity index (χ1v) is 9.67. The lowest BCUT2D eigenvalue weighted by Crippen LogP contribution is -2.46. The first kappa shape index (κ1) is 20.3. The molecule has 4 nitrogen and oxygen atoms in total. The molecule has 0 aromatic heterocycles. The standard InChI is InChI=1S/C22H26F2N2O2/c1-17(27)28-22(18-4-6-19(23)7-5-18)3-2-12-25-13-15-26(16-14-25)21-10-8-20(24)9-11-21/h4-11,22H,2-3,12-16H2,1H3. The molecule has 0 spiro atoms. The summed E-state index contributed by atoms with van der Waals surface area (Å²) in [5, 5.41) is 0. The topological polar surface area (TPSA) is 32.8 Å². The van der Waals surface area contributed by atoms with Crippen LogP contribution in [0.5, 0.6) is 0 Å². The number of hydrogen-bond donors (Lipinski definition) is 0. The lowest BCUT2D eigenvalue weighted by atomic mass is 10.0. The molecule has 1 saturated heterocycles. The second-order valence-corrected chi connectivity index (χ2v) is 7.10. The van der Waals surface area contributed by atoms with E-state index in [-0.39, 0.29) is 23.7 Å². The van der Waals surface area contributed by atoms with Gasteiger partial charge in [-0.3, -0.25) is 9.69 Å². The fourth-order valence-corrected chi connectivity index (χ4v) is 3.55. The van der Waals surface area contributed by atoms with Crippen LogP contribution in [-0.2, 0) is 9.53 Å². The summed E-state index contributed by atoms with van der Waals surface area (Å²) < 4.78 is 31.6. The third-order valence-corrected chi connectivity index (χ3v) is 5.05. The third kappa shape index (κ3) is 5.76. The predicted octanol–water partition coefficient (Wildman–Crippen LogP) is 4.17. The van der Waals surface area contributed by atoms with Crippen LogP contribution in [0.1, 0.15) is 31.4 Å². The fraction of sp³-hybridized carbons (Fsp3) is 0.409. The molecule has 1 fully saturated rings. The van der Waals surface area contributed by atoms with Crippen molar-refractivity contribution >= 4 is 11.7 Å². The van der Waals surface area contributed by atoms with Crippen molar-refractivity contribution in [3.8, 4) is 0 Å². The number of piperazine rings is 1. The molecule has 150 valence electrons. The van der Waals surface area contributed by atoms with E-state index in [9.17, 15) is 13.6 Å². The number of halogens is 2. The van der Waals surface area contributed by atoms with Crippen molar-refractivity contribution in [1.82, 2.24) is 4.90 Å². The first-order chi connectivity index (χ1) is 13.5. The van der Waals surface area contributed by atoms with Crippen molar-refractivity contribution < 1.29 is 18.3 Å². The molecule has 3 rings (SSSR count). The minimum atomic E-state index is -0.349. The van der Waals surface area contributed by atoms with Crippen LogP contribution >= 0.6 is 0 Å². The summed E-state index contributed by atoms with van der Waals surface area (Å²) in [6.07, 6.45) is 1.23. The molecular weight excluding hydrogens is 362 g/mol. The van der Waals surface area contributed by atoms with Gasteiger partial charge in [0, 0.05) is 38.8 Å². The minimum absolute atomic E-state index is 0.217. The van der Waals surface area contributed by atoms with Gasteiger partial charge in [0.05, 0.1) is 0 Å². The molecule has 28 heavy (non-hydrogen) atoms. The Morgan fingerprint density at radius 1 is 0.964 bits per heavy atom. The molecule has 0 aliphatic carbocycles. The van der Waals surface area contributed by atoms with Crippen LogP contribution in [0.4, 0.5) is 14.5 Å². The van der Waals surface area contributed by atoms with Crippen LogP contribution in [0, 0.1) is 11.6 Å². The smallest absolute Gasteiger partial charge is 0.303 e. The van der Waals surface area contributed by atoms with Gasteiger partial charge >= 0.3 is 5.97 Å². The Kier molecular flexibility index (Phi) is 6.98. The molecule has 1 atom stereocenters. The molecule has 1 aliphatic heterocycles. The van der Waals surface area contributed by atoms with E-state index < -0.39 is 0 Å². The summed E-state index contributed by atoms with van der Waals surface area (Å²) in [6, 6.07) is 12.7. The lowest BCUT2D eigenvalue weighted by Gasteiger charge is -2.36. The molecule has 0 amide bonds. The Hall–Kier alpha value is -2.47. The maximum absolute atomic E-state index is 13.1. The monoisotopic (exact) mass is 388 g/mol. The normalized spacial score (nSPS) is 16.0. The number of ether oxygens (including phenoxy) is 1. The fourth-order valence-electron chi connectivity index (χ4n) is 3.55. The van der Waals surface area contributed by atoms with E-state index >= 15 is 0 Å². The summed E-state index contributed by atoms with van der Waals surface area (Å²) in [5.41, 5.74) is 1.87. The average molecular weight is 388 g/mol. The second-order valence-electron chi connectivity index (χ2n) is 7.10. The van der Waals surface area contributed by atoms with Crippen LogP contribution < -0.4 is 4.90 Å². The van der Waals surface area contributed by atoms with Gasteiger partial charge in [-0.15, -0.1) is 0 Å². The van der Waals surface area contributed by atoms with Crippen molar-refractivity contribution in [3.05, 3.63) is 65.7 Å². The summed E-state index contributed by atoms with van der Waals surface area (Å²) >= 11 is 0. The van der Waals surface area contributed by atoms with Crippen molar-refractivity contribution in [1.29, 1.82) is 0 Å². The number of carbonyl (C=O) groups excluding carboxylic acids is 1. The highest BCUT2D eigenvalue weighted by Gasteiger charge is 2.19. The number of anilines is 1. The summed E-state index contributed by atoms with van der Waals surface area (Å²) in [7, 11) is 0. The highest BCUT2D eigenvalue weighted by Crippen LogP contribution is 2.24. The van der Waals surface area contributed by atoms with Crippen molar-refractivity contribution in [3.63, 3.8) is 0 Å². The van der Waals surface area contributed by atoms with Gasteiger partial charge in [-0.2, -0.15) is 0 Å². The van der Waals surface area contributed by atoms with Gasteiger partial charge < -0.3 is 9.64 Å². The zero-order valence-electron chi connectivity index (χ0n) is 16.1. The molecule has 2 aromatic rings. The lowest BCUT2D eigenvalue weighted by molar-refractivity contribution is -0.147. The molecule has 0 saturated carbocycles. The maximum atomic E-state index is 13.1. The number of carbonyl (C=O) groups is 1. The average Bonchev–Trinajstić information content (AvgIpc) is 2.69. The van der Waals surface area contributed by atoms with Crippen LogP contribution in [0.25, 0.3) is 0 Å². The van der Waals surface area contributed by atoms with E-state index in [1.807, 2.05) is 12.1 Å². The van der Waals surface area contributed by atoms with Gasteiger partial charge in [0.1, 0.15) is 17.7 Å². The van der Waals surface area contributed by atoms with Crippen LogP contribution in [0.2, 0.25) is 0 Å². The number of hydrogen-bond acceptors (Lipinski definition) is 4. The third-order valence-electron chi connectivity index (χ3n) is 5.05. The van der Waals surface area contributed by atoms with Crippen LogP contribution in [0.3, 0.4) is 0 Å². The Balaban J connectivity index is 1.46. The first-order valence-electron chi connectivity index (χ1n) is 9.67. The van der Waals surface area contributed by atoms with E-state index in [1.165, 1.54) is 31.2 Å². The molecular formula is C22H26F2N2O2. The van der Waals surface area contributed by atoms with Gasteiger partial charge in [0.2, 0.25) is 0 Å². The van der Waals surface area contributed by atoms with Crippen molar-refractivity contribution in [2.24, 2.45) is 0 Å². The van der Waals surface area contributed by atoms with Gasteiger partial charge in [0.25, 0.3) is 0 Å². The van der Waals surface area contributed by atoms with E-state index in [0.29, 0.717) is 6.42 Å². The molecule has 2 aromatic carbocycles. The Bertz CT molecular complexity index is 757. The number of esters is 1. The van der Waals surface area contributed by atoms with E-state index in [2.05, 4.69) is 9.80 Å². The molecule has 1 heterocycles. The van der Waals surface area contributed by atoms with Gasteiger partial charge in [0.15, 0.2) is 0 Å². The van der Waals surface area contributed by atoms with Gasteiger partial charge in [-0.1, -0.05) is 12.1 Å². The Labute approximate surface area is 164 Å². The zero-order chi connectivity index (χ0) is 19.9. The maximum Gasteiger partial charge on any atom is 0.303 e. The Morgan fingerprint density at radius 2 is 1.54 bits per heavy atom. The summed E-state index contributed by atoms with van der Waals surface area (Å²) in [6.45, 7) is 5.98. The number of nitrogens with zero attached hydrogens (tertiary/aromatic N) is 2. The predicted molar refractivity (Wildman–Crippen MR) is 105 cm³/mol. The SMILES string of the molecule is CC(=O)OC(CCCN1CCN(c2ccc(F)cc2)CC1)c1ccc(F)cc1. The quantitative estimate of drug-likeness (QED) is 0.667. The van der Waals surface area contributed by atoms with E-state index in [0.717, 1.165) is 50.4 Å². The van der Waals surface area contributed by atoms with Gasteiger partial charge in [-0.25, -0.2) is 8.78 Å². The molecule has 1 aliphatic rings. The van der Waals surface area contributed by atoms with Gasteiger partial charge in [-0.05, 0) is 61.3 Å². The van der Waals surface area contributed by atoms with Crippen molar-refractivity contribution in [2.45, 2.75) is 25.9 Å². The number of rotatable bonds is 7. The molecule has 0 radical (unpaired) electrons. The summed E-state index contributed by atoms with van der Waals surface area (Å²) in [4.78, 5) is 16.1.